The van der Waals surface area contributed by atoms with E-state index in [1.54, 1.807) is 7.11 Å². The summed E-state index contributed by atoms with van der Waals surface area (Å²) in [6.07, 6.45) is 1.04. The molecule has 1 rings (SSSR count). The molecular formula is C14H23NO. The second-order valence-electron chi connectivity index (χ2n) is 5.35. The first-order valence-electron chi connectivity index (χ1n) is 5.81. The Kier molecular flexibility index (Phi) is 4.36. The summed E-state index contributed by atoms with van der Waals surface area (Å²) in [5.41, 5.74) is 1.51. The van der Waals surface area contributed by atoms with E-state index in [1.165, 1.54) is 5.56 Å². The van der Waals surface area contributed by atoms with Crippen molar-refractivity contribution in [2.24, 2.45) is 0 Å². The zero-order valence-electron chi connectivity index (χ0n) is 11.0. The van der Waals surface area contributed by atoms with Crippen LogP contribution in [0.15, 0.2) is 24.3 Å². The predicted molar refractivity (Wildman–Crippen MR) is 69.0 cm³/mol. The van der Waals surface area contributed by atoms with Crippen molar-refractivity contribution in [3.05, 3.63) is 29.8 Å². The summed E-state index contributed by atoms with van der Waals surface area (Å²) < 4.78 is 5.14. The quantitative estimate of drug-likeness (QED) is 0.844. The number of benzene rings is 1. The van der Waals surface area contributed by atoms with Gasteiger partial charge in [0.2, 0.25) is 0 Å². The largest absolute Gasteiger partial charge is 0.497 e. The lowest BCUT2D eigenvalue weighted by Crippen LogP contribution is -2.43. The minimum Gasteiger partial charge on any atom is -0.497 e. The molecular weight excluding hydrogens is 198 g/mol. The van der Waals surface area contributed by atoms with E-state index < -0.39 is 0 Å². The molecule has 0 saturated carbocycles. The molecule has 1 aromatic rings. The van der Waals surface area contributed by atoms with E-state index in [0.717, 1.165) is 12.2 Å². The maximum absolute atomic E-state index is 5.14. The van der Waals surface area contributed by atoms with Gasteiger partial charge in [-0.3, -0.25) is 0 Å². The monoisotopic (exact) mass is 221 g/mol. The van der Waals surface area contributed by atoms with Crippen molar-refractivity contribution in [1.29, 1.82) is 0 Å². The van der Waals surface area contributed by atoms with E-state index in [9.17, 15) is 0 Å². The summed E-state index contributed by atoms with van der Waals surface area (Å²) in [5.74, 6) is 0.917. The van der Waals surface area contributed by atoms with Crippen LogP contribution in [-0.4, -0.2) is 18.7 Å². The Hall–Kier alpha value is -1.02. The van der Waals surface area contributed by atoms with Gasteiger partial charge in [0, 0.05) is 11.6 Å². The molecule has 0 aliphatic heterocycles. The van der Waals surface area contributed by atoms with Gasteiger partial charge in [-0.05, 0) is 51.8 Å². The molecule has 0 amide bonds. The highest BCUT2D eigenvalue weighted by Gasteiger charge is 2.13. The van der Waals surface area contributed by atoms with Crippen LogP contribution >= 0.6 is 0 Å². The Bertz CT molecular complexity index is 311. The highest BCUT2D eigenvalue weighted by Crippen LogP contribution is 2.13. The maximum Gasteiger partial charge on any atom is 0.118 e. The van der Waals surface area contributed by atoms with Gasteiger partial charge in [-0.2, -0.15) is 0 Å². The Morgan fingerprint density at radius 3 is 2.19 bits per heavy atom. The van der Waals surface area contributed by atoms with Gasteiger partial charge in [0.25, 0.3) is 0 Å². The summed E-state index contributed by atoms with van der Waals surface area (Å²) in [5, 5.41) is 3.56. The lowest BCUT2D eigenvalue weighted by molar-refractivity contribution is 0.370. The number of ether oxygens (including phenoxy) is 1. The van der Waals surface area contributed by atoms with Crippen LogP contribution in [0.1, 0.15) is 33.3 Å². The standard InChI is InChI=1S/C14H23NO/c1-11(15-14(2,3)4)10-12-6-8-13(16-5)9-7-12/h6-9,11,15H,10H2,1-5H3. The minimum absolute atomic E-state index is 0.173. The van der Waals surface area contributed by atoms with Crippen molar-refractivity contribution in [1.82, 2.24) is 5.32 Å². The van der Waals surface area contributed by atoms with E-state index in [2.05, 4.69) is 45.1 Å². The lowest BCUT2D eigenvalue weighted by atomic mass is 10.0. The maximum atomic E-state index is 5.14. The molecule has 1 atom stereocenters. The third-order valence-corrected chi connectivity index (χ3v) is 2.38. The van der Waals surface area contributed by atoms with Gasteiger partial charge in [0.15, 0.2) is 0 Å². The lowest BCUT2D eigenvalue weighted by Gasteiger charge is -2.26. The number of rotatable bonds is 4. The molecule has 0 aliphatic carbocycles. The summed E-state index contributed by atoms with van der Waals surface area (Å²) in [6, 6.07) is 8.76. The van der Waals surface area contributed by atoms with Crippen molar-refractivity contribution in [2.75, 3.05) is 7.11 Å². The smallest absolute Gasteiger partial charge is 0.118 e. The Balaban J connectivity index is 2.53. The molecule has 0 aromatic heterocycles. The fraction of sp³-hybridized carbons (Fsp3) is 0.571. The fourth-order valence-electron chi connectivity index (χ4n) is 1.91. The van der Waals surface area contributed by atoms with E-state index in [4.69, 9.17) is 4.74 Å². The predicted octanol–water partition coefficient (Wildman–Crippen LogP) is 3.01. The van der Waals surface area contributed by atoms with Crippen LogP contribution in [0.4, 0.5) is 0 Å². The normalized spacial score (nSPS) is 13.6. The van der Waals surface area contributed by atoms with Crippen molar-refractivity contribution in [2.45, 2.75) is 45.7 Å². The summed E-state index contributed by atoms with van der Waals surface area (Å²) in [4.78, 5) is 0. The highest BCUT2D eigenvalue weighted by molar-refractivity contribution is 5.27. The summed E-state index contributed by atoms with van der Waals surface area (Å²) >= 11 is 0. The highest BCUT2D eigenvalue weighted by atomic mass is 16.5. The zero-order valence-corrected chi connectivity index (χ0v) is 11.0. The molecule has 90 valence electrons. The topological polar surface area (TPSA) is 21.3 Å². The van der Waals surface area contributed by atoms with Gasteiger partial charge >= 0.3 is 0 Å². The third-order valence-electron chi connectivity index (χ3n) is 2.38. The van der Waals surface area contributed by atoms with E-state index >= 15 is 0 Å². The van der Waals surface area contributed by atoms with Gasteiger partial charge in [0.05, 0.1) is 7.11 Å². The van der Waals surface area contributed by atoms with Crippen molar-refractivity contribution in [3.63, 3.8) is 0 Å². The first-order valence-corrected chi connectivity index (χ1v) is 5.81. The molecule has 0 spiro atoms. The first kappa shape index (κ1) is 13.0. The minimum atomic E-state index is 0.173. The second-order valence-corrected chi connectivity index (χ2v) is 5.35. The van der Waals surface area contributed by atoms with Gasteiger partial charge in [-0.25, -0.2) is 0 Å². The molecule has 1 aromatic carbocycles. The number of hydrogen-bond donors (Lipinski definition) is 1. The molecule has 2 heteroatoms. The Labute approximate surface area is 99.0 Å². The molecule has 0 heterocycles. The van der Waals surface area contributed by atoms with Crippen molar-refractivity contribution in [3.8, 4) is 5.75 Å². The Morgan fingerprint density at radius 2 is 1.75 bits per heavy atom. The Morgan fingerprint density at radius 1 is 1.19 bits per heavy atom. The fourth-order valence-corrected chi connectivity index (χ4v) is 1.91. The van der Waals surface area contributed by atoms with Crippen LogP contribution in [0.2, 0.25) is 0 Å². The molecule has 1 N–H and O–H groups in total. The van der Waals surface area contributed by atoms with E-state index in [0.29, 0.717) is 6.04 Å². The summed E-state index contributed by atoms with van der Waals surface area (Å²) in [7, 11) is 1.69. The van der Waals surface area contributed by atoms with Crippen LogP contribution in [0.5, 0.6) is 5.75 Å². The zero-order chi connectivity index (χ0) is 12.2. The van der Waals surface area contributed by atoms with Gasteiger partial charge in [-0.15, -0.1) is 0 Å². The number of methoxy groups -OCH3 is 1. The van der Waals surface area contributed by atoms with Crippen LogP contribution in [-0.2, 0) is 6.42 Å². The van der Waals surface area contributed by atoms with Crippen molar-refractivity contribution < 1.29 is 4.74 Å². The molecule has 0 saturated heterocycles. The average molecular weight is 221 g/mol. The summed E-state index contributed by atoms with van der Waals surface area (Å²) in [6.45, 7) is 8.79. The van der Waals surface area contributed by atoms with Gasteiger partial charge in [-0.1, -0.05) is 12.1 Å². The van der Waals surface area contributed by atoms with Crippen LogP contribution in [0, 0.1) is 0 Å². The molecule has 0 fully saturated rings. The SMILES string of the molecule is COc1ccc(CC(C)NC(C)(C)C)cc1. The number of hydrogen-bond acceptors (Lipinski definition) is 2. The molecule has 16 heavy (non-hydrogen) atoms. The van der Waals surface area contributed by atoms with Crippen LogP contribution in [0.25, 0.3) is 0 Å². The third kappa shape index (κ3) is 4.67. The first-order chi connectivity index (χ1) is 7.40. The van der Waals surface area contributed by atoms with E-state index in [1.807, 2.05) is 12.1 Å². The molecule has 1 unspecified atom stereocenters. The molecule has 0 aliphatic rings. The van der Waals surface area contributed by atoms with Crippen molar-refractivity contribution >= 4 is 0 Å². The van der Waals surface area contributed by atoms with Gasteiger partial charge < -0.3 is 10.1 Å². The average Bonchev–Trinajstić information content (AvgIpc) is 2.16. The van der Waals surface area contributed by atoms with Gasteiger partial charge in [0.1, 0.15) is 5.75 Å². The van der Waals surface area contributed by atoms with E-state index in [-0.39, 0.29) is 5.54 Å². The number of nitrogens with one attached hydrogen (secondary N) is 1. The molecule has 2 nitrogen and oxygen atoms in total. The van der Waals surface area contributed by atoms with Crippen LogP contribution < -0.4 is 10.1 Å². The molecule has 0 radical (unpaired) electrons. The second kappa shape index (κ2) is 5.35. The molecule has 0 bridgehead atoms. The van der Waals surface area contributed by atoms with Crippen LogP contribution in [0.3, 0.4) is 0 Å².